The van der Waals surface area contributed by atoms with E-state index in [0.717, 1.165) is 31.2 Å². The summed E-state index contributed by atoms with van der Waals surface area (Å²) in [7, 11) is 4.13. The Morgan fingerprint density at radius 3 is 2.79 bits per heavy atom. The van der Waals surface area contributed by atoms with Crippen molar-refractivity contribution in [1.82, 2.24) is 14.9 Å². The summed E-state index contributed by atoms with van der Waals surface area (Å²) in [4.78, 5) is 11.2. The molecule has 0 amide bonds. The summed E-state index contributed by atoms with van der Waals surface area (Å²) in [6.07, 6.45) is 3.40. The van der Waals surface area contributed by atoms with Crippen molar-refractivity contribution in [2.45, 2.75) is 32.1 Å². The lowest BCUT2D eigenvalue weighted by molar-refractivity contribution is 0.303. The quantitative estimate of drug-likeness (QED) is 0.779. The molecule has 5 heteroatoms. The zero-order valence-corrected chi connectivity index (χ0v) is 12.1. The summed E-state index contributed by atoms with van der Waals surface area (Å²) < 4.78 is 5.64. The maximum absolute atomic E-state index is 5.64. The van der Waals surface area contributed by atoms with Crippen molar-refractivity contribution in [3.63, 3.8) is 0 Å². The predicted octanol–water partition coefficient (Wildman–Crippen LogP) is 2.12. The van der Waals surface area contributed by atoms with E-state index < -0.39 is 0 Å². The molecule has 1 N–H and O–H groups in total. The highest BCUT2D eigenvalue weighted by Gasteiger charge is 2.27. The Kier molecular flexibility index (Phi) is 4.96. The van der Waals surface area contributed by atoms with Gasteiger partial charge in [-0.3, -0.25) is 0 Å². The fourth-order valence-electron chi connectivity index (χ4n) is 1.75. The van der Waals surface area contributed by atoms with Crippen LogP contribution in [0.1, 0.15) is 37.9 Å². The third-order valence-electron chi connectivity index (χ3n) is 2.98. The molecule has 0 spiro atoms. The third kappa shape index (κ3) is 4.67. The molecule has 1 aromatic rings. The molecule has 106 valence electrons. The topological polar surface area (TPSA) is 50.3 Å². The Bertz CT molecular complexity index is 404. The Labute approximate surface area is 115 Å². The van der Waals surface area contributed by atoms with Crippen molar-refractivity contribution in [3.05, 3.63) is 11.9 Å². The Balaban J connectivity index is 2.01. The minimum atomic E-state index is 0.541. The molecule has 1 heterocycles. The van der Waals surface area contributed by atoms with Crippen molar-refractivity contribution in [1.29, 1.82) is 0 Å². The van der Waals surface area contributed by atoms with Gasteiger partial charge in [0, 0.05) is 25.1 Å². The Morgan fingerprint density at radius 1 is 1.37 bits per heavy atom. The van der Waals surface area contributed by atoms with E-state index in [-0.39, 0.29) is 0 Å². The van der Waals surface area contributed by atoms with Gasteiger partial charge in [0.15, 0.2) is 0 Å². The SMILES string of the molecule is CCCOc1cc(NCCN(C)C)nc(C2CC2)n1. The average molecular weight is 264 g/mol. The number of anilines is 1. The molecule has 1 fully saturated rings. The minimum absolute atomic E-state index is 0.541. The maximum Gasteiger partial charge on any atom is 0.218 e. The second-order valence-electron chi connectivity index (χ2n) is 5.30. The number of likely N-dealkylation sites (N-methyl/N-ethyl adjacent to an activating group) is 1. The Hall–Kier alpha value is -1.36. The maximum atomic E-state index is 5.64. The molecule has 0 aliphatic heterocycles. The van der Waals surface area contributed by atoms with Crippen LogP contribution in [-0.2, 0) is 0 Å². The minimum Gasteiger partial charge on any atom is -0.478 e. The lowest BCUT2D eigenvalue weighted by Gasteiger charge is -2.12. The standard InChI is InChI=1S/C14H24N4O/c1-4-9-19-13-10-12(15-7-8-18(2)3)16-14(17-13)11-5-6-11/h10-11H,4-9H2,1-3H3,(H,15,16,17). The molecular formula is C14H24N4O. The second kappa shape index (κ2) is 6.70. The van der Waals surface area contributed by atoms with E-state index in [1.165, 1.54) is 12.8 Å². The van der Waals surface area contributed by atoms with Gasteiger partial charge >= 0.3 is 0 Å². The lowest BCUT2D eigenvalue weighted by atomic mass is 10.4. The van der Waals surface area contributed by atoms with Gasteiger partial charge in [0.25, 0.3) is 0 Å². The van der Waals surface area contributed by atoms with Crippen LogP contribution < -0.4 is 10.1 Å². The highest BCUT2D eigenvalue weighted by atomic mass is 16.5. The third-order valence-corrected chi connectivity index (χ3v) is 2.98. The van der Waals surface area contributed by atoms with Crippen molar-refractivity contribution in [2.75, 3.05) is 39.1 Å². The van der Waals surface area contributed by atoms with Gasteiger partial charge in [-0.1, -0.05) is 6.92 Å². The summed E-state index contributed by atoms with van der Waals surface area (Å²) in [5, 5.41) is 3.34. The number of hydrogen-bond donors (Lipinski definition) is 1. The largest absolute Gasteiger partial charge is 0.478 e. The van der Waals surface area contributed by atoms with Gasteiger partial charge in [0.2, 0.25) is 5.88 Å². The van der Waals surface area contributed by atoms with Gasteiger partial charge < -0.3 is 15.0 Å². The van der Waals surface area contributed by atoms with E-state index in [4.69, 9.17) is 4.74 Å². The number of nitrogens with one attached hydrogen (secondary N) is 1. The van der Waals surface area contributed by atoms with Crippen molar-refractivity contribution in [2.24, 2.45) is 0 Å². The molecule has 19 heavy (non-hydrogen) atoms. The molecule has 1 saturated carbocycles. The molecular weight excluding hydrogens is 240 g/mol. The molecule has 0 bridgehead atoms. The van der Waals surface area contributed by atoms with Crippen LogP contribution in [0.4, 0.5) is 5.82 Å². The smallest absolute Gasteiger partial charge is 0.218 e. The molecule has 0 unspecified atom stereocenters. The van der Waals surface area contributed by atoms with Crippen molar-refractivity contribution >= 4 is 5.82 Å². The van der Waals surface area contributed by atoms with E-state index in [0.29, 0.717) is 18.4 Å². The molecule has 0 saturated heterocycles. The summed E-state index contributed by atoms with van der Waals surface area (Å²) >= 11 is 0. The zero-order valence-electron chi connectivity index (χ0n) is 12.1. The number of rotatable bonds is 8. The van der Waals surface area contributed by atoms with E-state index in [1.54, 1.807) is 0 Å². The van der Waals surface area contributed by atoms with Crippen molar-refractivity contribution in [3.8, 4) is 5.88 Å². The first-order chi connectivity index (χ1) is 9.19. The van der Waals surface area contributed by atoms with Crippen LogP contribution in [0.3, 0.4) is 0 Å². The van der Waals surface area contributed by atoms with Crippen LogP contribution in [0.2, 0.25) is 0 Å². The summed E-state index contributed by atoms with van der Waals surface area (Å²) in [6.45, 7) is 4.66. The number of nitrogens with zero attached hydrogens (tertiary/aromatic N) is 3. The van der Waals surface area contributed by atoms with Crippen LogP contribution in [0, 0.1) is 0 Å². The number of aromatic nitrogens is 2. The van der Waals surface area contributed by atoms with Gasteiger partial charge in [-0.05, 0) is 33.4 Å². The summed E-state index contributed by atoms with van der Waals surface area (Å²) in [5.74, 6) is 3.05. The van der Waals surface area contributed by atoms with Gasteiger partial charge in [0.05, 0.1) is 6.61 Å². The normalized spacial score (nSPS) is 14.7. The fraction of sp³-hybridized carbons (Fsp3) is 0.714. The summed E-state index contributed by atoms with van der Waals surface area (Å²) in [6, 6.07) is 1.90. The van der Waals surface area contributed by atoms with Crippen LogP contribution >= 0.6 is 0 Å². The van der Waals surface area contributed by atoms with Gasteiger partial charge in [-0.15, -0.1) is 0 Å². The number of hydrogen-bond acceptors (Lipinski definition) is 5. The average Bonchev–Trinajstić information content (AvgIpc) is 3.20. The van der Waals surface area contributed by atoms with E-state index >= 15 is 0 Å². The summed E-state index contributed by atoms with van der Waals surface area (Å²) in [5.41, 5.74) is 0. The monoisotopic (exact) mass is 264 g/mol. The predicted molar refractivity (Wildman–Crippen MR) is 76.8 cm³/mol. The first-order valence-electron chi connectivity index (χ1n) is 7.09. The van der Waals surface area contributed by atoms with Crippen molar-refractivity contribution < 1.29 is 4.74 Å². The lowest BCUT2D eigenvalue weighted by Crippen LogP contribution is -2.21. The fourth-order valence-corrected chi connectivity index (χ4v) is 1.75. The molecule has 1 aromatic heterocycles. The molecule has 0 atom stereocenters. The Morgan fingerprint density at radius 2 is 2.16 bits per heavy atom. The van der Waals surface area contributed by atoms with Crippen LogP contribution in [0.25, 0.3) is 0 Å². The first kappa shape index (κ1) is 14.1. The van der Waals surface area contributed by atoms with Crippen LogP contribution in [0.15, 0.2) is 6.07 Å². The highest BCUT2D eigenvalue weighted by Crippen LogP contribution is 2.39. The van der Waals surface area contributed by atoms with Crippen LogP contribution in [-0.4, -0.2) is 48.7 Å². The zero-order chi connectivity index (χ0) is 13.7. The van der Waals surface area contributed by atoms with E-state index in [9.17, 15) is 0 Å². The van der Waals surface area contributed by atoms with Gasteiger partial charge in [-0.25, -0.2) is 4.98 Å². The highest BCUT2D eigenvalue weighted by molar-refractivity contribution is 5.39. The molecule has 1 aliphatic carbocycles. The molecule has 0 radical (unpaired) electrons. The first-order valence-corrected chi connectivity index (χ1v) is 7.09. The second-order valence-corrected chi connectivity index (χ2v) is 5.30. The molecule has 2 rings (SSSR count). The molecule has 0 aromatic carbocycles. The molecule has 5 nitrogen and oxygen atoms in total. The molecule has 1 aliphatic rings. The van der Waals surface area contributed by atoms with E-state index in [2.05, 4.69) is 41.2 Å². The van der Waals surface area contributed by atoms with Crippen LogP contribution in [0.5, 0.6) is 5.88 Å². The van der Waals surface area contributed by atoms with E-state index in [1.807, 2.05) is 6.07 Å². The van der Waals surface area contributed by atoms with Gasteiger partial charge in [-0.2, -0.15) is 4.98 Å². The van der Waals surface area contributed by atoms with Gasteiger partial charge in [0.1, 0.15) is 11.6 Å². The number of ether oxygens (including phenoxy) is 1.